The average molecular weight is 561 g/mol. The van der Waals surface area contributed by atoms with Gasteiger partial charge in [0.25, 0.3) is 0 Å². The molecule has 1 N–H and O–H groups in total. The fourth-order valence-electron chi connectivity index (χ4n) is 2.88. The zero-order valence-electron chi connectivity index (χ0n) is 17.8. The third-order valence-corrected chi connectivity index (χ3v) is 6.83. The molecule has 7 nitrogen and oxygen atoms in total. The second-order valence-corrected chi connectivity index (χ2v) is 9.52. The first-order valence-electron chi connectivity index (χ1n) is 10.1. The van der Waals surface area contributed by atoms with Crippen molar-refractivity contribution in [2.24, 2.45) is 7.05 Å². The maximum Gasteiger partial charge on any atom is 0.209 e. The van der Waals surface area contributed by atoms with Gasteiger partial charge in [-0.3, -0.25) is 0 Å². The second kappa shape index (κ2) is 12.6. The van der Waals surface area contributed by atoms with Crippen molar-refractivity contribution in [2.45, 2.75) is 31.7 Å². The van der Waals surface area contributed by atoms with Crippen LogP contribution < -0.4 is 14.8 Å². The van der Waals surface area contributed by atoms with E-state index < -0.39 is 0 Å². The summed E-state index contributed by atoms with van der Waals surface area (Å²) in [5, 5.41) is 16.9. The van der Waals surface area contributed by atoms with E-state index in [4.69, 9.17) is 32.7 Å². The maximum absolute atomic E-state index is 6.26. The zero-order valence-corrected chi connectivity index (χ0v) is 21.7. The van der Waals surface area contributed by atoms with E-state index >= 15 is 0 Å². The van der Waals surface area contributed by atoms with Gasteiger partial charge in [-0.1, -0.05) is 41.0 Å². The summed E-state index contributed by atoms with van der Waals surface area (Å²) in [6.07, 6.45) is 0.997. The van der Waals surface area contributed by atoms with Gasteiger partial charge < -0.3 is 14.8 Å². The molecule has 11 heteroatoms. The highest BCUT2D eigenvalue weighted by Crippen LogP contribution is 2.38. The highest BCUT2D eigenvalue weighted by atomic mass is 79.9. The van der Waals surface area contributed by atoms with Crippen molar-refractivity contribution < 1.29 is 9.47 Å². The van der Waals surface area contributed by atoms with Gasteiger partial charge in [-0.05, 0) is 76.1 Å². The number of halogens is 3. The van der Waals surface area contributed by atoms with Crippen LogP contribution in [0.25, 0.3) is 0 Å². The molecule has 0 aliphatic rings. The summed E-state index contributed by atoms with van der Waals surface area (Å²) < 4.78 is 14.4. The Labute approximate surface area is 210 Å². The molecule has 3 rings (SSSR count). The lowest BCUT2D eigenvalue weighted by Gasteiger charge is -2.17. The maximum atomic E-state index is 6.26. The number of hydrogen-bond acceptors (Lipinski definition) is 7. The predicted molar refractivity (Wildman–Crippen MR) is 132 cm³/mol. The first-order valence-corrected chi connectivity index (χ1v) is 12.6. The molecule has 0 aliphatic heterocycles. The van der Waals surface area contributed by atoms with E-state index in [2.05, 4.69) is 36.8 Å². The number of aryl methyl sites for hydroxylation is 1. The van der Waals surface area contributed by atoms with Gasteiger partial charge in [0, 0.05) is 35.0 Å². The summed E-state index contributed by atoms with van der Waals surface area (Å²) in [6.45, 7) is 4.31. The van der Waals surface area contributed by atoms with E-state index in [0.717, 1.165) is 39.5 Å². The van der Waals surface area contributed by atoms with Crippen LogP contribution in [0.3, 0.4) is 0 Å². The van der Waals surface area contributed by atoms with Crippen molar-refractivity contribution in [2.75, 3.05) is 18.9 Å². The van der Waals surface area contributed by atoms with Gasteiger partial charge in [0.05, 0.1) is 11.1 Å². The highest BCUT2D eigenvalue weighted by Gasteiger charge is 2.14. The van der Waals surface area contributed by atoms with Crippen molar-refractivity contribution in [3.05, 3.63) is 56.0 Å². The fraction of sp³-hybridized carbons (Fsp3) is 0.381. The summed E-state index contributed by atoms with van der Waals surface area (Å²) in [5.74, 6) is 2.24. The number of ether oxygens (including phenoxy) is 2. The first kappa shape index (κ1) is 25.1. The molecule has 0 atom stereocenters. The van der Waals surface area contributed by atoms with Crippen LogP contribution in [0, 0.1) is 0 Å². The van der Waals surface area contributed by atoms with Crippen LogP contribution in [0.5, 0.6) is 11.5 Å². The number of thioether (sulfide) groups is 1. The molecule has 0 bridgehead atoms. The molecule has 172 valence electrons. The topological polar surface area (TPSA) is 74.1 Å². The lowest BCUT2D eigenvalue weighted by atomic mass is 10.2. The molecule has 0 spiro atoms. The van der Waals surface area contributed by atoms with Crippen LogP contribution in [0.15, 0.2) is 40.0 Å². The molecule has 3 aromatic rings. The van der Waals surface area contributed by atoms with E-state index in [-0.39, 0.29) is 6.61 Å². The lowest BCUT2D eigenvalue weighted by Crippen LogP contribution is -2.15. The summed E-state index contributed by atoms with van der Waals surface area (Å²) in [7, 11) is 1.84. The van der Waals surface area contributed by atoms with Crippen LogP contribution in [0.4, 0.5) is 0 Å². The average Bonchev–Trinajstić information content (AvgIpc) is 3.16. The SMILES string of the molecule is CCOc1cc(CNCCCSc2nnnn2C)cc(Br)c1OCc1c(Cl)cccc1Cl. The third-order valence-electron chi connectivity index (χ3n) is 4.43. The largest absolute Gasteiger partial charge is 0.490 e. The minimum Gasteiger partial charge on any atom is -0.490 e. The van der Waals surface area contributed by atoms with Crippen LogP contribution in [-0.2, 0) is 20.2 Å². The molecule has 0 amide bonds. The second-order valence-electron chi connectivity index (χ2n) is 6.79. The van der Waals surface area contributed by atoms with Gasteiger partial charge in [-0.15, -0.1) is 5.10 Å². The Morgan fingerprint density at radius 2 is 1.97 bits per heavy atom. The minimum atomic E-state index is 0.244. The van der Waals surface area contributed by atoms with Crippen molar-refractivity contribution in [3.63, 3.8) is 0 Å². The molecule has 1 heterocycles. The number of benzene rings is 2. The summed E-state index contributed by atoms with van der Waals surface area (Å²) in [6, 6.07) is 9.41. The number of hydrogen-bond donors (Lipinski definition) is 1. The van der Waals surface area contributed by atoms with Crippen molar-refractivity contribution in [1.29, 1.82) is 0 Å². The molecule has 2 aromatic carbocycles. The quantitative estimate of drug-likeness (QED) is 0.230. The first-order chi connectivity index (χ1) is 15.5. The standard InChI is InChI=1S/C21H24BrCl2N5O2S/c1-3-30-19-11-14(12-25-8-5-9-32-21-26-27-28-29(21)2)10-16(22)20(19)31-13-15-17(23)6-4-7-18(15)24/h4,6-7,10-11,25H,3,5,8-9,12-13H2,1-2H3. The predicted octanol–water partition coefficient (Wildman–Crippen LogP) is 5.53. The molecular weight excluding hydrogens is 537 g/mol. The van der Waals surface area contributed by atoms with E-state index in [0.29, 0.717) is 34.7 Å². The fourth-order valence-corrected chi connectivity index (χ4v) is 4.78. The van der Waals surface area contributed by atoms with Gasteiger partial charge in [-0.25, -0.2) is 4.68 Å². The van der Waals surface area contributed by atoms with Gasteiger partial charge in [-0.2, -0.15) is 0 Å². The van der Waals surface area contributed by atoms with Crippen LogP contribution in [-0.4, -0.2) is 39.1 Å². The summed E-state index contributed by atoms with van der Waals surface area (Å²) >= 11 is 17.8. The van der Waals surface area contributed by atoms with Crippen LogP contribution in [0.2, 0.25) is 10.0 Å². The Kier molecular flexibility index (Phi) is 9.92. The number of rotatable bonds is 12. The number of nitrogens with one attached hydrogen (secondary N) is 1. The molecule has 0 unspecified atom stereocenters. The lowest BCUT2D eigenvalue weighted by molar-refractivity contribution is 0.267. The molecular formula is C21H24BrCl2N5O2S. The summed E-state index contributed by atoms with van der Waals surface area (Å²) in [5.41, 5.74) is 1.83. The monoisotopic (exact) mass is 559 g/mol. The van der Waals surface area contributed by atoms with E-state index in [1.54, 1.807) is 28.6 Å². The Morgan fingerprint density at radius 3 is 2.66 bits per heavy atom. The Morgan fingerprint density at radius 1 is 1.19 bits per heavy atom. The molecule has 0 radical (unpaired) electrons. The molecule has 0 saturated heterocycles. The Hall–Kier alpha value is -1.52. The van der Waals surface area contributed by atoms with Gasteiger partial charge in [0.2, 0.25) is 5.16 Å². The molecule has 0 aliphatic carbocycles. The Bertz CT molecular complexity index is 1020. The zero-order chi connectivity index (χ0) is 22.9. The van der Waals surface area contributed by atoms with Gasteiger partial charge in [0.15, 0.2) is 11.5 Å². The normalized spacial score (nSPS) is 11.0. The summed E-state index contributed by atoms with van der Waals surface area (Å²) in [4.78, 5) is 0. The number of tetrazole rings is 1. The van der Waals surface area contributed by atoms with E-state index in [1.165, 1.54) is 0 Å². The van der Waals surface area contributed by atoms with E-state index in [9.17, 15) is 0 Å². The van der Waals surface area contributed by atoms with Crippen molar-refractivity contribution >= 4 is 50.9 Å². The molecule has 0 saturated carbocycles. The number of aromatic nitrogens is 4. The third kappa shape index (κ3) is 6.99. The molecule has 1 aromatic heterocycles. The Balaban J connectivity index is 1.55. The molecule has 32 heavy (non-hydrogen) atoms. The van der Waals surface area contributed by atoms with E-state index in [1.807, 2.05) is 32.2 Å². The smallest absolute Gasteiger partial charge is 0.209 e. The minimum absolute atomic E-state index is 0.244. The number of nitrogens with zero attached hydrogens (tertiary/aromatic N) is 4. The molecule has 0 fully saturated rings. The van der Waals surface area contributed by atoms with Crippen molar-refractivity contribution in [1.82, 2.24) is 25.5 Å². The van der Waals surface area contributed by atoms with Gasteiger partial charge in [0.1, 0.15) is 6.61 Å². The van der Waals surface area contributed by atoms with Crippen LogP contribution in [0.1, 0.15) is 24.5 Å². The highest BCUT2D eigenvalue weighted by molar-refractivity contribution is 9.10. The van der Waals surface area contributed by atoms with Gasteiger partial charge >= 0.3 is 0 Å². The van der Waals surface area contributed by atoms with Crippen molar-refractivity contribution in [3.8, 4) is 11.5 Å². The van der Waals surface area contributed by atoms with Crippen LogP contribution >= 0.6 is 50.9 Å².